The fraction of sp³-hybridized carbons (Fsp3) is 0.500. The number of rotatable bonds is 4. The Morgan fingerprint density at radius 3 is 3.21 bits per heavy atom. The average molecular weight is 263 g/mol. The highest BCUT2D eigenvalue weighted by molar-refractivity contribution is 5.74. The van der Waals surface area contributed by atoms with Crippen molar-refractivity contribution in [2.45, 2.75) is 13.0 Å². The van der Waals surface area contributed by atoms with E-state index in [0.29, 0.717) is 5.92 Å². The smallest absolute Gasteiger partial charge is 0.125 e. The summed E-state index contributed by atoms with van der Waals surface area (Å²) in [6.07, 6.45) is 1.13. The maximum atomic E-state index is 13.1. The first kappa shape index (κ1) is 12.6. The molecule has 2 aromatic rings. The molecular formula is C14H18FN3O. The molecule has 1 atom stereocenters. The average Bonchev–Trinajstić information content (AvgIpc) is 2.97. The van der Waals surface area contributed by atoms with E-state index in [-0.39, 0.29) is 5.82 Å². The van der Waals surface area contributed by atoms with E-state index in [9.17, 15) is 4.39 Å². The first-order valence-corrected chi connectivity index (χ1v) is 6.61. The van der Waals surface area contributed by atoms with Gasteiger partial charge in [0, 0.05) is 13.2 Å². The maximum Gasteiger partial charge on any atom is 0.125 e. The van der Waals surface area contributed by atoms with Gasteiger partial charge in [0.15, 0.2) is 0 Å². The first-order valence-electron chi connectivity index (χ1n) is 6.61. The largest absolute Gasteiger partial charge is 0.381 e. The molecule has 1 aliphatic heterocycles. The molecule has 1 fully saturated rings. The normalized spacial score (nSPS) is 19.6. The standard InChI is InChI=1S/C14H18FN3O/c1-18(7-10-4-5-19-9-10)8-14-16-12-3-2-11(15)6-13(12)17-14/h2-3,6,10H,4-5,7-9H2,1H3,(H,16,17)/t10-/m0/s1. The molecule has 0 unspecified atom stereocenters. The van der Waals surface area contributed by atoms with Crippen molar-refractivity contribution < 1.29 is 9.13 Å². The highest BCUT2D eigenvalue weighted by Gasteiger charge is 2.18. The van der Waals surface area contributed by atoms with Crippen molar-refractivity contribution >= 4 is 11.0 Å². The van der Waals surface area contributed by atoms with Gasteiger partial charge in [0.1, 0.15) is 11.6 Å². The molecular weight excluding hydrogens is 245 g/mol. The van der Waals surface area contributed by atoms with E-state index in [2.05, 4.69) is 21.9 Å². The number of nitrogens with zero attached hydrogens (tertiary/aromatic N) is 2. The number of fused-ring (bicyclic) bond motifs is 1. The lowest BCUT2D eigenvalue weighted by atomic mass is 10.1. The highest BCUT2D eigenvalue weighted by Crippen LogP contribution is 2.16. The Hall–Kier alpha value is -1.46. The van der Waals surface area contributed by atoms with E-state index >= 15 is 0 Å². The van der Waals surface area contributed by atoms with Crippen LogP contribution in [0.15, 0.2) is 18.2 Å². The summed E-state index contributed by atoms with van der Waals surface area (Å²) in [5, 5.41) is 0. The SMILES string of the molecule is CN(Cc1nc2ccc(F)cc2[nH]1)C[C@@H]1CCOC1. The van der Waals surface area contributed by atoms with Gasteiger partial charge in [-0.05, 0) is 37.6 Å². The molecule has 1 aliphatic rings. The molecule has 0 spiro atoms. The summed E-state index contributed by atoms with van der Waals surface area (Å²) in [5.74, 6) is 1.26. The second-order valence-corrected chi connectivity index (χ2v) is 5.27. The van der Waals surface area contributed by atoms with Crippen molar-refractivity contribution in [1.82, 2.24) is 14.9 Å². The molecule has 5 heteroatoms. The molecule has 1 aromatic carbocycles. The zero-order chi connectivity index (χ0) is 13.2. The molecule has 19 heavy (non-hydrogen) atoms. The van der Waals surface area contributed by atoms with Crippen LogP contribution in [0.3, 0.4) is 0 Å². The third-order valence-corrected chi connectivity index (χ3v) is 3.51. The Labute approximate surface area is 111 Å². The highest BCUT2D eigenvalue weighted by atomic mass is 19.1. The van der Waals surface area contributed by atoms with Crippen LogP contribution < -0.4 is 0 Å². The third-order valence-electron chi connectivity index (χ3n) is 3.51. The van der Waals surface area contributed by atoms with Crippen molar-refractivity contribution in [1.29, 1.82) is 0 Å². The number of nitrogens with one attached hydrogen (secondary N) is 1. The Kier molecular flexibility index (Phi) is 3.48. The van der Waals surface area contributed by atoms with Gasteiger partial charge >= 0.3 is 0 Å². The summed E-state index contributed by atoms with van der Waals surface area (Å²) >= 11 is 0. The number of aromatic amines is 1. The van der Waals surface area contributed by atoms with Gasteiger partial charge in [-0.2, -0.15) is 0 Å². The van der Waals surface area contributed by atoms with Crippen molar-refractivity contribution in [3.63, 3.8) is 0 Å². The molecule has 1 N–H and O–H groups in total. The van der Waals surface area contributed by atoms with Crippen LogP contribution in [-0.4, -0.2) is 41.7 Å². The van der Waals surface area contributed by atoms with Crippen LogP contribution in [0.1, 0.15) is 12.2 Å². The molecule has 0 radical (unpaired) electrons. The number of hydrogen-bond donors (Lipinski definition) is 1. The van der Waals surface area contributed by atoms with Crippen LogP contribution in [0.4, 0.5) is 4.39 Å². The van der Waals surface area contributed by atoms with E-state index in [1.54, 1.807) is 6.07 Å². The molecule has 0 bridgehead atoms. The Morgan fingerprint density at radius 1 is 1.53 bits per heavy atom. The van der Waals surface area contributed by atoms with Crippen LogP contribution in [0, 0.1) is 11.7 Å². The van der Waals surface area contributed by atoms with Crippen molar-refractivity contribution in [2.24, 2.45) is 5.92 Å². The summed E-state index contributed by atoms with van der Waals surface area (Å²) in [6, 6.07) is 4.62. The lowest BCUT2D eigenvalue weighted by molar-refractivity contribution is 0.172. The molecule has 102 valence electrons. The van der Waals surface area contributed by atoms with Crippen molar-refractivity contribution in [3.8, 4) is 0 Å². The molecule has 0 amide bonds. The fourth-order valence-corrected chi connectivity index (χ4v) is 2.60. The number of benzene rings is 1. The summed E-state index contributed by atoms with van der Waals surface area (Å²) in [7, 11) is 2.08. The number of aromatic nitrogens is 2. The Balaban J connectivity index is 1.66. The number of halogens is 1. The van der Waals surface area contributed by atoms with Crippen LogP contribution in [0.25, 0.3) is 11.0 Å². The third kappa shape index (κ3) is 2.93. The molecule has 0 saturated carbocycles. The minimum Gasteiger partial charge on any atom is -0.381 e. The predicted octanol–water partition coefficient (Wildman–Crippen LogP) is 2.17. The van der Waals surface area contributed by atoms with Gasteiger partial charge in [-0.1, -0.05) is 0 Å². The summed E-state index contributed by atoms with van der Waals surface area (Å²) in [5.41, 5.74) is 1.57. The van der Waals surface area contributed by atoms with E-state index in [1.807, 2.05) is 0 Å². The van der Waals surface area contributed by atoms with Gasteiger partial charge < -0.3 is 9.72 Å². The number of ether oxygens (including phenoxy) is 1. The lowest BCUT2D eigenvalue weighted by Gasteiger charge is -2.18. The second-order valence-electron chi connectivity index (χ2n) is 5.27. The van der Waals surface area contributed by atoms with Gasteiger partial charge in [0.05, 0.1) is 24.2 Å². The van der Waals surface area contributed by atoms with E-state index in [4.69, 9.17) is 4.74 Å². The molecule has 1 saturated heterocycles. The van der Waals surface area contributed by atoms with Gasteiger partial charge in [-0.3, -0.25) is 4.90 Å². The van der Waals surface area contributed by atoms with Crippen molar-refractivity contribution in [3.05, 3.63) is 29.8 Å². The molecule has 4 nitrogen and oxygen atoms in total. The summed E-state index contributed by atoms with van der Waals surface area (Å²) in [4.78, 5) is 9.87. The predicted molar refractivity (Wildman–Crippen MR) is 71.3 cm³/mol. The maximum absolute atomic E-state index is 13.1. The van der Waals surface area contributed by atoms with Crippen LogP contribution in [0.2, 0.25) is 0 Å². The van der Waals surface area contributed by atoms with Gasteiger partial charge in [-0.15, -0.1) is 0 Å². The fourth-order valence-electron chi connectivity index (χ4n) is 2.60. The quantitative estimate of drug-likeness (QED) is 0.919. The summed E-state index contributed by atoms with van der Waals surface area (Å²) < 4.78 is 18.5. The number of hydrogen-bond acceptors (Lipinski definition) is 3. The van der Waals surface area contributed by atoms with Crippen LogP contribution >= 0.6 is 0 Å². The van der Waals surface area contributed by atoms with Gasteiger partial charge in [0.2, 0.25) is 0 Å². The monoisotopic (exact) mass is 263 g/mol. The molecule has 0 aliphatic carbocycles. The van der Waals surface area contributed by atoms with Gasteiger partial charge in [0.25, 0.3) is 0 Å². The number of H-pyrrole nitrogens is 1. The second kappa shape index (κ2) is 5.27. The molecule has 1 aromatic heterocycles. The Bertz CT molecular complexity index is 563. The summed E-state index contributed by atoms with van der Waals surface area (Å²) in [6.45, 7) is 3.48. The molecule has 3 rings (SSSR count). The van der Waals surface area contributed by atoms with Gasteiger partial charge in [-0.25, -0.2) is 9.37 Å². The van der Waals surface area contributed by atoms with Crippen LogP contribution in [0.5, 0.6) is 0 Å². The van der Waals surface area contributed by atoms with Crippen molar-refractivity contribution in [2.75, 3.05) is 26.8 Å². The van der Waals surface area contributed by atoms with E-state index in [1.165, 1.54) is 12.1 Å². The lowest BCUT2D eigenvalue weighted by Crippen LogP contribution is -2.26. The minimum atomic E-state index is -0.237. The van der Waals surface area contributed by atoms with E-state index in [0.717, 1.165) is 49.6 Å². The number of imidazole rings is 1. The van der Waals surface area contributed by atoms with E-state index < -0.39 is 0 Å². The minimum absolute atomic E-state index is 0.237. The Morgan fingerprint density at radius 2 is 2.42 bits per heavy atom. The molecule has 2 heterocycles. The van der Waals surface area contributed by atoms with Crippen LogP contribution in [-0.2, 0) is 11.3 Å². The topological polar surface area (TPSA) is 41.2 Å². The zero-order valence-electron chi connectivity index (χ0n) is 11.0. The first-order chi connectivity index (χ1) is 9.20. The zero-order valence-corrected chi connectivity index (χ0v) is 11.0.